The van der Waals surface area contributed by atoms with Gasteiger partial charge in [-0.2, -0.15) is 0 Å². The summed E-state index contributed by atoms with van der Waals surface area (Å²) in [5.41, 5.74) is 1.74. The van der Waals surface area contributed by atoms with Gasteiger partial charge in [0.25, 0.3) is 0 Å². The van der Waals surface area contributed by atoms with Crippen LogP contribution in [-0.4, -0.2) is 20.1 Å². The summed E-state index contributed by atoms with van der Waals surface area (Å²) >= 11 is 4.23. The predicted molar refractivity (Wildman–Crippen MR) is 83.8 cm³/mol. The number of hydrogen-bond donors (Lipinski definition) is 1. The summed E-state index contributed by atoms with van der Waals surface area (Å²) < 4.78 is 5.28. The maximum atomic E-state index is 12.3. The zero-order valence-corrected chi connectivity index (χ0v) is 12.4. The number of carbonyl (C=O) groups excluding carboxylic acids is 1. The van der Waals surface area contributed by atoms with Gasteiger partial charge in [0.15, 0.2) is 0 Å². The van der Waals surface area contributed by atoms with Crippen molar-refractivity contribution in [2.75, 3.05) is 19.1 Å². The first-order valence-corrected chi connectivity index (χ1v) is 6.74. The SMILES string of the molecule is COc1ccccc1N(C)C(=O)Cc1ccc(S)cc1. The molecule has 2 aromatic carbocycles. The molecule has 0 aliphatic heterocycles. The Hall–Kier alpha value is -1.94. The van der Waals surface area contributed by atoms with Crippen LogP contribution in [0.5, 0.6) is 5.75 Å². The lowest BCUT2D eigenvalue weighted by atomic mass is 10.1. The van der Waals surface area contributed by atoms with Crippen molar-refractivity contribution in [1.29, 1.82) is 0 Å². The van der Waals surface area contributed by atoms with Crippen LogP contribution in [0.3, 0.4) is 0 Å². The maximum absolute atomic E-state index is 12.3. The Morgan fingerprint density at radius 2 is 1.80 bits per heavy atom. The van der Waals surface area contributed by atoms with Gasteiger partial charge in [0.05, 0.1) is 19.2 Å². The van der Waals surface area contributed by atoms with Crippen LogP contribution in [-0.2, 0) is 11.2 Å². The summed E-state index contributed by atoms with van der Waals surface area (Å²) in [5.74, 6) is 0.704. The first kappa shape index (κ1) is 14.5. The van der Waals surface area contributed by atoms with Gasteiger partial charge in [-0.15, -0.1) is 12.6 Å². The minimum atomic E-state index is 0.0152. The monoisotopic (exact) mass is 287 g/mol. The third-order valence-electron chi connectivity index (χ3n) is 3.11. The van der Waals surface area contributed by atoms with E-state index in [2.05, 4.69) is 12.6 Å². The summed E-state index contributed by atoms with van der Waals surface area (Å²) in [6, 6.07) is 15.1. The first-order valence-electron chi connectivity index (χ1n) is 6.29. The molecule has 0 aliphatic rings. The molecule has 0 spiro atoms. The number of ether oxygens (including phenoxy) is 1. The summed E-state index contributed by atoms with van der Waals surface area (Å²) in [6.07, 6.45) is 0.350. The number of benzene rings is 2. The molecule has 0 atom stereocenters. The van der Waals surface area contributed by atoms with E-state index in [-0.39, 0.29) is 5.91 Å². The molecule has 0 N–H and O–H groups in total. The van der Waals surface area contributed by atoms with Crippen molar-refractivity contribution in [1.82, 2.24) is 0 Å². The van der Waals surface area contributed by atoms with Crippen molar-refractivity contribution in [3.8, 4) is 5.75 Å². The molecule has 0 radical (unpaired) electrons. The quantitative estimate of drug-likeness (QED) is 0.875. The Bertz CT molecular complexity index is 596. The normalized spacial score (nSPS) is 10.2. The molecule has 0 fully saturated rings. The van der Waals surface area contributed by atoms with E-state index >= 15 is 0 Å². The van der Waals surface area contributed by atoms with Gasteiger partial charge < -0.3 is 9.64 Å². The zero-order valence-electron chi connectivity index (χ0n) is 11.5. The van der Waals surface area contributed by atoms with Crippen molar-refractivity contribution in [2.45, 2.75) is 11.3 Å². The number of thiol groups is 1. The highest BCUT2D eigenvalue weighted by Crippen LogP contribution is 2.27. The van der Waals surface area contributed by atoms with Gasteiger partial charge in [-0.25, -0.2) is 0 Å². The number of nitrogens with zero attached hydrogens (tertiary/aromatic N) is 1. The molecule has 20 heavy (non-hydrogen) atoms. The van der Waals surface area contributed by atoms with Gasteiger partial charge in [-0.1, -0.05) is 24.3 Å². The van der Waals surface area contributed by atoms with Gasteiger partial charge in [0.2, 0.25) is 5.91 Å². The van der Waals surface area contributed by atoms with Crippen LogP contribution in [0.15, 0.2) is 53.4 Å². The fourth-order valence-electron chi connectivity index (χ4n) is 1.95. The van der Waals surface area contributed by atoms with Crippen molar-refractivity contribution < 1.29 is 9.53 Å². The number of methoxy groups -OCH3 is 1. The van der Waals surface area contributed by atoms with E-state index in [1.54, 1.807) is 19.1 Å². The average Bonchev–Trinajstić information content (AvgIpc) is 2.48. The standard InChI is InChI=1S/C16H17NO2S/c1-17(14-5-3-4-6-15(14)19-2)16(18)11-12-7-9-13(20)10-8-12/h3-10,20H,11H2,1-2H3. The number of rotatable bonds is 4. The van der Waals surface area contributed by atoms with Crippen LogP contribution in [0, 0.1) is 0 Å². The molecule has 104 valence electrons. The Morgan fingerprint density at radius 1 is 1.15 bits per heavy atom. The molecule has 0 saturated carbocycles. The lowest BCUT2D eigenvalue weighted by Gasteiger charge is -2.20. The second kappa shape index (κ2) is 6.48. The van der Waals surface area contributed by atoms with E-state index in [0.29, 0.717) is 12.2 Å². The van der Waals surface area contributed by atoms with Crippen LogP contribution >= 0.6 is 12.6 Å². The number of carbonyl (C=O) groups is 1. The molecule has 1 amide bonds. The molecule has 4 heteroatoms. The van der Waals surface area contributed by atoms with Crippen LogP contribution < -0.4 is 9.64 Å². The Balaban J connectivity index is 2.14. The highest BCUT2D eigenvalue weighted by Gasteiger charge is 2.15. The molecule has 0 unspecified atom stereocenters. The number of anilines is 1. The van der Waals surface area contributed by atoms with Gasteiger partial charge in [-0.3, -0.25) is 4.79 Å². The Labute approximate surface area is 124 Å². The molecule has 3 nitrogen and oxygen atoms in total. The number of likely N-dealkylation sites (N-methyl/N-ethyl adjacent to an activating group) is 1. The smallest absolute Gasteiger partial charge is 0.231 e. The third-order valence-corrected chi connectivity index (χ3v) is 3.41. The van der Waals surface area contributed by atoms with E-state index in [1.165, 1.54) is 0 Å². The summed E-state index contributed by atoms with van der Waals surface area (Å²) in [5, 5.41) is 0. The molecule has 0 heterocycles. The lowest BCUT2D eigenvalue weighted by Crippen LogP contribution is -2.28. The second-order valence-corrected chi connectivity index (χ2v) is 4.98. The lowest BCUT2D eigenvalue weighted by molar-refractivity contribution is -0.117. The first-order chi connectivity index (χ1) is 9.61. The Morgan fingerprint density at radius 3 is 2.45 bits per heavy atom. The minimum absolute atomic E-state index is 0.0152. The van der Waals surface area contributed by atoms with E-state index in [1.807, 2.05) is 48.5 Å². The van der Waals surface area contributed by atoms with E-state index in [4.69, 9.17) is 4.74 Å². The van der Waals surface area contributed by atoms with Crippen LogP contribution in [0.2, 0.25) is 0 Å². The second-order valence-electron chi connectivity index (χ2n) is 4.47. The van der Waals surface area contributed by atoms with Crippen molar-refractivity contribution in [2.24, 2.45) is 0 Å². The summed E-state index contributed by atoms with van der Waals surface area (Å²) in [7, 11) is 3.36. The molecule has 2 rings (SSSR count). The van der Waals surface area contributed by atoms with Crippen molar-refractivity contribution in [3.63, 3.8) is 0 Å². The highest BCUT2D eigenvalue weighted by molar-refractivity contribution is 7.80. The number of para-hydroxylation sites is 2. The number of amides is 1. The van der Waals surface area contributed by atoms with E-state index in [0.717, 1.165) is 16.1 Å². The molecule has 2 aromatic rings. The van der Waals surface area contributed by atoms with E-state index < -0.39 is 0 Å². The molecule has 0 aliphatic carbocycles. The highest BCUT2D eigenvalue weighted by atomic mass is 32.1. The molecule has 0 aromatic heterocycles. The molecular formula is C16H17NO2S. The maximum Gasteiger partial charge on any atom is 0.231 e. The largest absolute Gasteiger partial charge is 0.495 e. The fourth-order valence-corrected chi connectivity index (χ4v) is 2.10. The van der Waals surface area contributed by atoms with Crippen molar-refractivity contribution in [3.05, 3.63) is 54.1 Å². The Kier molecular flexibility index (Phi) is 4.69. The average molecular weight is 287 g/mol. The van der Waals surface area contributed by atoms with Crippen LogP contribution in [0.25, 0.3) is 0 Å². The van der Waals surface area contributed by atoms with Gasteiger partial charge >= 0.3 is 0 Å². The van der Waals surface area contributed by atoms with E-state index in [9.17, 15) is 4.79 Å². The van der Waals surface area contributed by atoms with Crippen LogP contribution in [0.1, 0.15) is 5.56 Å². The van der Waals surface area contributed by atoms with Crippen molar-refractivity contribution >= 4 is 24.2 Å². The summed E-state index contributed by atoms with van der Waals surface area (Å²) in [4.78, 5) is 14.8. The molecular weight excluding hydrogens is 270 g/mol. The van der Waals surface area contributed by atoms with Gasteiger partial charge in [-0.05, 0) is 29.8 Å². The zero-order chi connectivity index (χ0) is 14.5. The predicted octanol–water partition coefficient (Wildman–Crippen LogP) is 3.19. The molecule has 0 bridgehead atoms. The van der Waals surface area contributed by atoms with Gasteiger partial charge in [0.1, 0.15) is 5.75 Å². The van der Waals surface area contributed by atoms with Crippen LogP contribution in [0.4, 0.5) is 5.69 Å². The number of hydrogen-bond acceptors (Lipinski definition) is 3. The topological polar surface area (TPSA) is 29.5 Å². The van der Waals surface area contributed by atoms with Gasteiger partial charge in [0, 0.05) is 11.9 Å². The fraction of sp³-hybridized carbons (Fsp3) is 0.188. The molecule has 0 saturated heterocycles. The minimum Gasteiger partial charge on any atom is -0.495 e. The summed E-state index contributed by atoms with van der Waals surface area (Å²) in [6.45, 7) is 0. The third kappa shape index (κ3) is 3.33.